The Morgan fingerprint density at radius 2 is 1.93 bits per heavy atom. The molecule has 0 aromatic rings. The second-order valence-corrected chi connectivity index (χ2v) is 4.90. The molecule has 0 heterocycles. The lowest BCUT2D eigenvalue weighted by Gasteiger charge is -2.55. The van der Waals surface area contributed by atoms with Crippen molar-refractivity contribution in [1.29, 1.82) is 0 Å². The minimum absolute atomic E-state index is 0.103. The zero-order valence-electron chi connectivity index (χ0n) is 9.58. The molecule has 2 atom stereocenters. The summed E-state index contributed by atoms with van der Waals surface area (Å²) in [6.45, 7) is 1.32. The average Bonchev–Trinajstić information content (AvgIpc) is 2.29. The Hall–Kier alpha value is -0.120. The van der Waals surface area contributed by atoms with E-state index in [0.717, 1.165) is 19.3 Å². The summed E-state index contributed by atoms with van der Waals surface area (Å²) in [5.74, 6) is 0. The topological polar surface area (TPSA) is 38.7 Å². The maximum atomic E-state index is 9.94. The zero-order chi connectivity index (χ0) is 10.7. The van der Waals surface area contributed by atoms with Gasteiger partial charge in [-0.25, -0.2) is 0 Å². The van der Waals surface area contributed by atoms with E-state index in [9.17, 15) is 5.11 Å². The van der Waals surface area contributed by atoms with Crippen LogP contribution in [0.3, 0.4) is 0 Å². The van der Waals surface area contributed by atoms with Crippen molar-refractivity contribution in [1.82, 2.24) is 0 Å². The van der Waals surface area contributed by atoms with Gasteiger partial charge < -0.3 is 14.6 Å². The first-order valence-corrected chi connectivity index (χ1v) is 6.08. The molecule has 3 heteroatoms. The summed E-state index contributed by atoms with van der Waals surface area (Å²) in [4.78, 5) is 0. The summed E-state index contributed by atoms with van der Waals surface area (Å²) in [6, 6.07) is 0. The molecule has 2 aliphatic rings. The Balaban J connectivity index is 1.84. The van der Waals surface area contributed by atoms with Gasteiger partial charge in [-0.15, -0.1) is 0 Å². The molecule has 0 bridgehead atoms. The third-order valence-electron chi connectivity index (χ3n) is 4.13. The molecule has 0 radical (unpaired) electrons. The van der Waals surface area contributed by atoms with Gasteiger partial charge in [0.25, 0.3) is 0 Å². The summed E-state index contributed by atoms with van der Waals surface area (Å²) in [6.07, 6.45) is 7.09. The maximum absolute atomic E-state index is 9.94. The molecule has 88 valence electrons. The van der Waals surface area contributed by atoms with Crippen LogP contribution in [0.25, 0.3) is 0 Å². The van der Waals surface area contributed by atoms with Crippen molar-refractivity contribution in [2.75, 3.05) is 20.3 Å². The Morgan fingerprint density at radius 3 is 2.53 bits per heavy atom. The van der Waals surface area contributed by atoms with Crippen LogP contribution < -0.4 is 0 Å². The molecule has 1 spiro atoms. The van der Waals surface area contributed by atoms with Crippen LogP contribution in [-0.4, -0.2) is 37.6 Å². The van der Waals surface area contributed by atoms with Crippen LogP contribution in [0.2, 0.25) is 0 Å². The Bertz CT molecular complexity index is 199. The first-order chi connectivity index (χ1) is 7.29. The number of aliphatic hydroxyl groups excluding tert-OH is 1. The van der Waals surface area contributed by atoms with Gasteiger partial charge in [-0.3, -0.25) is 0 Å². The molecule has 2 saturated carbocycles. The predicted molar refractivity (Wildman–Crippen MR) is 57.8 cm³/mol. The highest BCUT2D eigenvalue weighted by atomic mass is 16.5. The summed E-state index contributed by atoms with van der Waals surface area (Å²) in [5.41, 5.74) is 0.103. The van der Waals surface area contributed by atoms with Crippen LogP contribution in [0.1, 0.15) is 38.5 Å². The van der Waals surface area contributed by atoms with E-state index < -0.39 is 0 Å². The predicted octanol–water partition coefficient (Wildman–Crippen LogP) is 1.73. The first-order valence-electron chi connectivity index (χ1n) is 6.08. The highest BCUT2D eigenvalue weighted by molar-refractivity contribution is 5.05. The fourth-order valence-electron chi connectivity index (χ4n) is 3.10. The monoisotopic (exact) mass is 214 g/mol. The number of rotatable bonds is 4. The largest absolute Gasteiger partial charge is 0.392 e. The molecule has 0 aromatic carbocycles. The molecule has 2 aliphatic carbocycles. The van der Waals surface area contributed by atoms with E-state index in [2.05, 4.69) is 0 Å². The molecule has 2 fully saturated rings. The van der Waals surface area contributed by atoms with Crippen molar-refractivity contribution in [2.45, 2.75) is 50.7 Å². The quantitative estimate of drug-likeness (QED) is 0.724. The van der Waals surface area contributed by atoms with Crippen LogP contribution in [-0.2, 0) is 9.47 Å². The fourth-order valence-corrected chi connectivity index (χ4v) is 3.10. The summed E-state index contributed by atoms with van der Waals surface area (Å²) in [7, 11) is 1.69. The van der Waals surface area contributed by atoms with Gasteiger partial charge >= 0.3 is 0 Å². The van der Waals surface area contributed by atoms with E-state index in [1.807, 2.05) is 0 Å². The van der Waals surface area contributed by atoms with Gasteiger partial charge in [0, 0.05) is 18.9 Å². The van der Waals surface area contributed by atoms with Gasteiger partial charge in [-0.2, -0.15) is 0 Å². The first kappa shape index (κ1) is 11.4. The number of aliphatic hydroxyl groups is 1. The molecule has 0 saturated heterocycles. The average molecular weight is 214 g/mol. The lowest BCUT2D eigenvalue weighted by Crippen LogP contribution is -2.59. The number of hydrogen-bond acceptors (Lipinski definition) is 3. The second-order valence-electron chi connectivity index (χ2n) is 4.90. The molecule has 0 aromatic heterocycles. The SMILES string of the molecule is COCCOC1CC(O)C12CCCCC2. The molecule has 15 heavy (non-hydrogen) atoms. The van der Waals surface area contributed by atoms with Crippen molar-refractivity contribution < 1.29 is 14.6 Å². The van der Waals surface area contributed by atoms with Crippen LogP contribution in [0.5, 0.6) is 0 Å². The lowest BCUT2D eigenvalue weighted by molar-refractivity contribution is -0.208. The third kappa shape index (κ3) is 2.05. The van der Waals surface area contributed by atoms with Crippen molar-refractivity contribution >= 4 is 0 Å². The van der Waals surface area contributed by atoms with Gasteiger partial charge in [-0.05, 0) is 12.8 Å². The van der Waals surface area contributed by atoms with Gasteiger partial charge in [0.1, 0.15) is 0 Å². The molecule has 1 N–H and O–H groups in total. The third-order valence-corrected chi connectivity index (χ3v) is 4.13. The standard InChI is InChI=1S/C12H22O3/c1-14-7-8-15-11-9-10(13)12(11)5-3-2-4-6-12/h10-11,13H,2-9H2,1H3. The van der Waals surface area contributed by atoms with E-state index >= 15 is 0 Å². The molecular formula is C12H22O3. The molecule has 2 rings (SSSR count). The van der Waals surface area contributed by atoms with E-state index in [1.165, 1.54) is 19.3 Å². The smallest absolute Gasteiger partial charge is 0.0704 e. The molecule has 0 aliphatic heterocycles. The minimum atomic E-state index is -0.120. The Morgan fingerprint density at radius 1 is 1.20 bits per heavy atom. The van der Waals surface area contributed by atoms with Crippen LogP contribution >= 0.6 is 0 Å². The van der Waals surface area contributed by atoms with E-state index in [-0.39, 0.29) is 17.6 Å². The van der Waals surface area contributed by atoms with Gasteiger partial charge in [0.2, 0.25) is 0 Å². The highest BCUT2D eigenvalue weighted by Gasteiger charge is 2.54. The number of hydrogen-bond donors (Lipinski definition) is 1. The number of ether oxygens (including phenoxy) is 2. The van der Waals surface area contributed by atoms with Gasteiger partial charge in [0.15, 0.2) is 0 Å². The second kappa shape index (κ2) is 4.81. The van der Waals surface area contributed by atoms with E-state index in [1.54, 1.807) is 7.11 Å². The molecule has 0 amide bonds. The minimum Gasteiger partial charge on any atom is -0.392 e. The van der Waals surface area contributed by atoms with Crippen molar-refractivity contribution in [3.8, 4) is 0 Å². The zero-order valence-corrected chi connectivity index (χ0v) is 9.58. The van der Waals surface area contributed by atoms with Crippen LogP contribution in [0.4, 0.5) is 0 Å². The lowest BCUT2D eigenvalue weighted by atomic mass is 9.56. The normalized spacial score (nSPS) is 34.0. The van der Waals surface area contributed by atoms with E-state index in [4.69, 9.17) is 9.47 Å². The Labute approximate surface area is 91.8 Å². The van der Waals surface area contributed by atoms with Crippen molar-refractivity contribution in [2.24, 2.45) is 5.41 Å². The van der Waals surface area contributed by atoms with Crippen LogP contribution in [0, 0.1) is 5.41 Å². The van der Waals surface area contributed by atoms with Gasteiger partial charge in [0.05, 0.1) is 25.4 Å². The summed E-state index contributed by atoms with van der Waals surface area (Å²) < 4.78 is 10.8. The Kier molecular flexibility index (Phi) is 3.65. The van der Waals surface area contributed by atoms with E-state index in [0.29, 0.717) is 13.2 Å². The fraction of sp³-hybridized carbons (Fsp3) is 1.00. The van der Waals surface area contributed by atoms with Gasteiger partial charge in [-0.1, -0.05) is 19.3 Å². The van der Waals surface area contributed by atoms with Crippen molar-refractivity contribution in [3.63, 3.8) is 0 Å². The summed E-state index contributed by atoms with van der Waals surface area (Å²) >= 11 is 0. The molecule has 2 unspecified atom stereocenters. The highest BCUT2D eigenvalue weighted by Crippen LogP contribution is 2.53. The van der Waals surface area contributed by atoms with Crippen LogP contribution in [0.15, 0.2) is 0 Å². The summed E-state index contributed by atoms with van der Waals surface area (Å²) in [5, 5.41) is 9.94. The van der Waals surface area contributed by atoms with Crippen molar-refractivity contribution in [3.05, 3.63) is 0 Å². The molecule has 3 nitrogen and oxygen atoms in total. The molecular weight excluding hydrogens is 192 g/mol. The maximum Gasteiger partial charge on any atom is 0.0704 e. The number of methoxy groups -OCH3 is 1.